The summed E-state index contributed by atoms with van der Waals surface area (Å²) < 4.78 is 4.59. The van der Waals surface area contributed by atoms with Crippen LogP contribution in [0.25, 0.3) is 0 Å². The molecule has 3 heteroatoms. The zero-order valence-corrected chi connectivity index (χ0v) is 8.89. The van der Waals surface area contributed by atoms with Crippen LogP contribution >= 0.6 is 0 Å². The van der Waals surface area contributed by atoms with Crippen molar-refractivity contribution in [3.8, 4) is 0 Å². The third-order valence-electron chi connectivity index (χ3n) is 1.73. The molecule has 0 fully saturated rings. The maximum absolute atomic E-state index is 11.0. The molecule has 0 heterocycles. The van der Waals surface area contributed by atoms with Crippen molar-refractivity contribution in [1.82, 2.24) is 5.32 Å². The Labute approximate surface area is 80.2 Å². The molecule has 0 aromatic rings. The van der Waals surface area contributed by atoms with Crippen LogP contribution in [0.1, 0.15) is 27.2 Å². The molecule has 13 heavy (non-hydrogen) atoms. The van der Waals surface area contributed by atoms with Gasteiger partial charge in [0.2, 0.25) is 0 Å². The summed E-state index contributed by atoms with van der Waals surface area (Å²) in [6, 6.07) is 0.360. The Hall–Kier alpha value is -0.830. The quantitative estimate of drug-likeness (QED) is 0.521. The topological polar surface area (TPSA) is 38.3 Å². The predicted octanol–water partition coefficient (Wildman–Crippen LogP) is 1.49. The maximum Gasteiger partial charge on any atom is 0.307 e. The molecular weight excluding hydrogens is 166 g/mol. The van der Waals surface area contributed by atoms with Gasteiger partial charge in [-0.25, -0.2) is 0 Å². The van der Waals surface area contributed by atoms with Crippen LogP contribution in [-0.4, -0.2) is 25.2 Å². The van der Waals surface area contributed by atoms with Gasteiger partial charge in [0.1, 0.15) is 0 Å². The summed E-state index contributed by atoms with van der Waals surface area (Å²) in [6.45, 7) is 9.80. The molecule has 0 aromatic carbocycles. The number of ether oxygens (including phenoxy) is 1. The molecule has 0 aliphatic carbocycles. The lowest BCUT2D eigenvalue weighted by atomic mass is 10.1. The molecule has 0 amide bonds. The number of esters is 1. The molecule has 0 unspecified atom stereocenters. The summed E-state index contributed by atoms with van der Waals surface area (Å²) in [5, 5.41) is 3.24. The third-order valence-corrected chi connectivity index (χ3v) is 1.73. The molecule has 0 radical (unpaired) electrons. The van der Waals surface area contributed by atoms with Crippen molar-refractivity contribution in [2.75, 3.05) is 7.11 Å². The van der Waals surface area contributed by atoms with Crippen molar-refractivity contribution in [2.45, 2.75) is 39.3 Å². The summed E-state index contributed by atoms with van der Waals surface area (Å²) in [6.07, 6.45) is 0.351. The minimum atomic E-state index is -0.207. The predicted molar refractivity (Wildman–Crippen MR) is 53.5 cm³/mol. The summed E-state index contributed by atoms with van der Waals surface area (Å²) in [5.74, 6) is -0.207. The van der Waals surface area contributed by atoms with E-state index in [9.17, 15) is 4.79 Å². The molecule has 1 N–H and O–H groups in total. The van der Waals surface area contributed by atoms with Crippen LogP contribution in [0.15, 0.2) is 12.2 Å². The number of carbonyl (C=O) groups excluding carboxylic acids is 1. The lowest BCUT2D eigenvalue weighted by Gasteiger charge is -2.20. The molecule has 1 atom stereocenters. The molecule has 0 spiro atoms. The largest absolute Gasteiger partial charge is 0.469 e. The lowest BCUT2D eigenvalue weighted by molar-refractivity contribution is -0.141. The van der Waals surface area contributed by atoms with Crippen molar-refractivity contribution in [3.05, 3.63) is 12.2 Å². The summed E-state index contributed by atoms with van der Waals surface area (Å²) in [7, 11) is 1.40. The molecule has 3 nitrogen and oxygen atoms in total. The van der Waals surface area contributed by atoms with Gasteiger partial charge in [-0.15, -0.1) is 0 Å². The fraction of sp³-hybridized carbons (Fsp3) is 0.700. The van der Waals surface area contributed by atoms with E-state index in [4.69, 9.17) is 0 Å². The minimum absolute atomic E-state index is 0.0208. The van der Waals surface area contributed by atoms with Crippen LogP contribution in [-0.2, 0) is 9.53 Å². The number of hydrogen-bond acceptors (Lipinski definition) is 3. The number of carbonyl (C=O) groups is 1. The number of hydrogen-bond donors (Lipinski definition) is 1. The molecule has 0 rings (SSSR count). The van der Waals surface area contributed by atoms with Crippen LogP contribution in [0.5, 0.6) is 0 Å². The van der Waals surface area contributed by atoms with Crippen LogP contribution in [0.4, 0.5) is 0 Å². The van der Waals surface area contributed by atoms with Gasteiger partial charge in [0.25, 0.3) is 0 Å². The van der Waals surface area contributed by atoms with Crippen molar-refractivity contribution in [1.29, 1.82) is 0 Å². The lowest BCUT2D eigenvalue weighted by Crippen LogP contribution is -2.37. The molecule has 0 aliphatic rings. The highest BCUT2D eigenvalue weighted by molar-refractivity contribution is 5.70. The highest BCUT2D eigenvalue weighted by Crippen LogP contribution is 2.05. The van der Waals surface area contributed by atoms with E-state index in [1.54, 1.807) is 0 Å². The van der Waals surface area contributed by atoms with E-state index < -0.39 is 0 Å². The van der Waals surface area contributed by atoms with Crippen molar-refractivity contribution >= 4 is 5.97 Å². The zero-order valence-electron chi connectivity index (χ0n) is 8.89. The van der Waals surface area contributed by atoms with Gasteiger partial charge in [-0.3, -0.25) is 4.79 Å². The molecule has 0 aliphatic heterocycles. The Morgan fingerprint density at radius 2 is 2.08 bits per heavy atom. The number of rotatable bonds is 5. The summed E-state index contributed by atoms with van der Waals surface area (Å²) in [4.78, 5) is 11.0. The highest BCUT2D eigenvalue weighted by Gasteiger charge is 2.15. The summed E-state index contributed by atoms with van der Waals surface area (Å²) >= 11 is 0. The Morgan fingerprint density at radius 3 is 2.38 bits per heavy atom. The fourth-order valence-electron chi connectivity index (χ4n) is 1.03. The molecule has 76 valence electrons. The maximum atomic E-state index is 11.0. The first-order valence-electron chi connectivity index (χ1n) is 4.45. The van der Waals surface area contributed by atoms with E-state index in [1.807, 2.05) is 20.8 Å². The molecule has 0 saturated carbocycles. The van der Waals surface area contributed by atoms with Crippen molar-refractivity contribution in [2.24, 2.45) is 0 Å². The van der Waals surface area contributed by atoms with E-state index in [-0.39, 0.29) is 12.0 Å². The van der Waals surface area contributed by atoms with Crippen LogP contribution in [0.2, 0.25) is 0 Å². The van der Waals surface area contributed by atoms with Gasteiger partial charge in [0.05, 0.1) is 13.5 Å². The molecule has 0 aromatic heterocycles. The first-order valence-corrected chi connectivity index (χ1v) is 4.45. The van der Waals surface area contributed by atoms with Gasteiger partial charge < -0.3 is 10.1 Å². The SMILES string of the molecule is C=C(C)[C@H](CC(=O)OC)NC(C)C. The van der Waals surface area contributed by atoms with Gasteiger partial charge in [-0.2, -0.15) is 0 Å². The van der Waals surface area contributed by atoms with Crippen LogP contribution < -0.4 is 5.32 Å². The van der Waals surface area contributed by atoms with Crippen molar-refractivity contribution in [3.63, 3.8) is 0 Å². The Morgan fingerprint density at radius 1 is 1.54 bits per heavy atom. The monoisotopic (exact) mass is 185 g/mol. The second-order valence-corrected chi connectivity index (χ2v) is 3.50. The fourth-order valence-corrected chi connectivity index (χ4v) is 1.03. The van der Waals surface area contributed by atoms with Crippen LogP contribution in [0.3, 0.4) is 0 Å². The summed E-state index contributed by atoms with van der Waals surface area (Å²) in [5.41, 5.74) is 0.958. The average Bonchev–Trinajstić information content (AvgIpc) is 2.02. The van der Waals surface area contributed by atoms with E-state index in [0.29, 0.717) is 12.5 Å². The number of methoxy groups -OCH3 is 1. The smallest absolute Gasteiger partial charge is 0.307 e. The Balaban J connectivity index is 4.10. The van der Waals surface area contributed by atoms with Gasteiger partial charge in [0, 0.05) is 12.1 Å². The first-order chi connectivity index (χ1) is 5.97. The Kier molecular flexibility index (Phi) is 5.39. The first kappa shape index (κ1) is 12.2. The van der Waals surface area contributed by atoms with E-state index >= 15 is 0 Å². The van der Waals surface area contributed by atoms with Crippen LogP contribution in [0, 0.1) is 0 Å². The zero-order chi connectivity index (χ0) is 10.4. The molecule has 0 saturated heterocycles. The highest BCUT2D eigenvalue weighted by atomic mass is 16.5. The van der Waals surface area contributed by atoms with Gasteiger partial charge in [-0.05, 0) is 6.92 Å². The van der Waals surface area contributed by atoms with Crippen molar-refractivity contribution < 1.29 is 9.53 Å². The van der Waals surface area contributed by atoms with Gasteiger partial charge in [-0.1, -0.05) is 26.0 Å². The van der Waals surface area contributed by atoms with E-state index in [2.05, 4.69) is 16.6 Å². The third kappa shape index (κ3) is 5.42. The molecule has 0 bridgehead atoms. The van der Waals surface area contributed by atoms with Gasteiger partial charge in [0.15, 0.2) is 0 Å². The number of nitrogens with one attached hydrogen (secondary N) is 1. The normalized spacial score (nSPS) is 12.7. The second kappa shape index (κ2) is 5.75. The van der Waals surface area contributed by atoms with E-state index in [0.717, 1.165) is 5.57 Å². The minimum Gasteiger partial charge on any atom is -0.469 e. The average molecular weight is 185 g/mol. The molecular formula is C10H19NO2. The van der Waals surface area contributed by atoms with Gasteiger partial charge >= 0.3 is 5.97 Å². The standard InChI is InChI=1S/C10H19NO2/c1-7(2)9(11-8(3)4)6-10(12)13-5/h8-9,11H,1,6H2,2-5H3/t9-/m0/s1. The van der Waals surface area contributed by atoms with E-state index in [1.165, 1.54) is 7.11 Å². The second-order valence-electron chi connectivity index (χ2n) is 3.50. The Bertz CT molecular complexity index is 187.